The Balaban J connectivity index is 1.88. The molecule has 0 unspecified atom stereocenters. The summed E-state index contributed by atoms with van der Waals surface area (Å²) in [5.41, 5.74) is 0.881. The summed E-state index contributed by atoms with van der Waals surface area (Å²) in [5.74, 6) is 1.05. The minimum absolute atomic E-state index is 0.0312. The van der Waals surface area contributed by atoms with Crippen LogP contribution >= 0.6 is 0 Å². The van der Waals surface area contributed by atoms with Crippen molar-refractivity contribution in [3.05, 3.63) is 23.8 Å². The fourth-order valence-electron chi connectivity index (χ4n) is 3.30. The van der Waals surface area contributed by atoms with Crippen LogP contribution in [0.5, 0.6) is 11.5 Å². The zero-order valence-electron chi connectivity index (χ0n) is 15.7. The molecule has 0 aromatic heterocycles. The average molecular weight is 384 g/mol. The van der Waals surface area contributed by atoms with Gasteiger partial charge in [0.2, 0.25) is 15.9 Å². The lowest BCUT2D eigenvalue weighted by atomic mass is 10.2. The quantitative estimate of drug-likeness (QED) is 0.703. The standard InChI is InChI=1S/C18H28N2O5S/c1-24-16-9-8-14(12-17(16)25-2)13-19-18(21)10-11-20(26(3,22)23)15-6-4-5-7-15/h8-9,12,15H,4-7,10-11,13H2,1-3H3,(H,19,21). The summed E-state index contributed by atoms with van der Waals surface area (Å²) < 4.78 is 35.9. The van der Waals surface area contributed by atoms with Gasteiger partial charge in [-0.15, -0.1) is 0 Å². The molecule has 2 rings (SSSR count). The zero-order valence-corrected chi connectivity index (χ0v) is 16.5. The highest BCUT2D eigenvalue weighted by Crippen LogP contribution is 2.27. The largest absolute Gasteiger partial charge is 0.493 e. The number of nitrogens with zero attached hydrogens (tertiary/aromatic N) is 1. The molecule has 1 aromatic rings. The molecule has 0 heterocycles. The summed E-state index contributed by atoms with van der Waals surface area (Å²) >= 11 is 0. The third-order valence-corrected chi connectivity index (χ3v) is 5.99. The molecule has 1 amide bonds. The molecule has 1 saturated carbocycles. The molecule has 1 N–H and O–H groups in total. The fraction of sp³-hybridized carbons (Fsp3) is 0.611. The van der Waals surface area contributed by atoms with Gasteiger partial charge >= 0.3 is 0 Å². The Hall–Kier alpha value is -1.80. The smallest absolute Gasteiger partial charge is 0.221 e. The van der Waals surface area contributed by atoms with Gasteiger partial charge in [-0.2, -0.15) is 4.31 Å². The molecule has 0 bridgehead atoms. The van der Waals surface area contributed by atoms with Gasteiger partial charge in [-0.3, -0.25) is 4.79 Å². The van der Waals surface area contributed by atoms with E-state index in [1.54, 1.807) is 26.4 Å². The summed E-state index contributed by atoms with van der Waals surface area (Å²) in [6, 6.07) is 5.47. The summed E-state index contributed by atoms with van der Waals surface area (Å²) in [4.78, 5) is 12.2. The van der Waals surface area contributed by atoms with E-state index in [1.165, 1.54) is 10.6 Å². The van der Waals surface area contributed by atoms with E-state index in [0.717, 1.165) is 31.2 Å². The van der Waals surface area contributed by atoms with Gasteiger partial charge in [0.05, 0.1) is 20.5 Å². The number of sulfonamides is 1. The number of carbonyl (C=O) groups excluding carboxylic acids is 1. The third-order valence-electron chi connectivity index (χ3n) is 4.65. The Morgan fingerprint density at radius 2 is 1.85 bits per heavy atom. The second-order valence-corrected chi connectivity index (χ2v) is 8.46. The van der Waals surface area contributed by atoms with Crippen LogP contribution in [-0.2, 0) is 21.4 Å². The minimum atomic E-state index is -3.30. The van der Waals surface area contributed by atoms with Crippen LogP contribution in [0.1, 0.15) is 37.7 Å². The number of carbonyl (C=O) groups is 1. The Morgan fingerprint density at radius 3 is 2.42 bits per heavy atom. The predicted octanol–water partition coefficient (Wildman–Crippen LogP) is 1.91. The fourth-order valence-corrected chi connectivity index (χ4v) is 4.48. The second-order valence-electron chi connectivity index (χ2n) is 6.53. The number of hydrogen-bond acceptors (Lipinski definition) is 5. The number of methoxy groups -OCH3 is 2. The van der Waals surface area contributed by atoms with Crippen molar-refractivity contribution < 1.29 is 22.7 Å². The van der Waals surface area contributed by atoms with Crippen molar-refractivity contribution in [3.8, 4) is 11.5 Å². The first kappa shape index (κ1) is 20.5. The third kappa shape index (κ3) is 5.60. The Labute approximate surface area is 155 Å². The molecule has 8 heteroatoms. The molecular formula is C18H28N2O5S. The molecule has 26 heavy (non-hydrogen) atoms. The van der Waals surface area contributed by atoms with E-state index in [4.69, 9.17) is 9.47 Å². The van der Waals surface area contributed by atoms with E-state index in [9.17, 15) is 13.2 Å². The van der Waals surface area contributed by atoms with Crippen LogP contribution in [0.3, 0.4) is 0 Å². The molecule has 0 atom stereocenters. The number of amides is 1. The first-order chi connectivity index (χ1) is 12.3. The van der Waals surface area contributed by atoms with Crippen molar-refractivity contribution in [1.82, 2.24) is 9.62 Å². The Morgan fingerprint density at radius 1 is 1.19 bits per heavy atom. The van der Waals surface area contributed by atoms with Gasteiger partial charge in [-0.05, 0) is 30.5 Å². The summed E-state index contributed by atoms with van der Waals surface area (Å²) in [7, 11) is -0.180. The van der Waals surface area contributed by atoms with Crippen molar-refractivity contribution in [1.29, 1.82) is 0 Å². The zero-order chi connectivity index (χ0) is 19.2. The summed E-state index contributed by atoms with van der Waals surface area (Å²) in [6.07, 6.45) is 5.20. The van der Waals surface area contributed by atoms with E-state index >= 15 is 0 Å². The molecule has 146 valence electrons. The van der Waals surface area contributed by atoms with Gasteiger partial charge in [0.15, 0.2) is 11.5 Å². The van der Waals surface area contributed by atoms with Gasteiger partial charge < -0.3 is 14.8 Å². The summed E-state index contributed by atoms with van der Waals surface area (Å²) in [5, 5.41) is 2.83. The molecule has 1 fully saturated rings. The normalized spacial score (nSPS) is 15.2. The number of rotatable bonds is 9. The first-order valence-electron chi connectivity index (χ1n) is 8.79. The van der Waals surface area contributed by atoms with Crippen molar-refractivity contribution in [3.63, 3.8) is 0 Å². The van der Waals surface area contributed by atoms with Gasteiger partial charge in [-0.1, -0.05) is 18.9 Å². The van der Waals surface area contributed by atoms with Crippen LogP contribution in [0.4, 0.5) is 0 Å². The highest BCUT2D eigenvalue weighted by atomic mass is 32.2. The van der Waals surface area contributed by atoms with Crippen LogP contribution in [0.25, 0.3) is 0 Å². The maximum atomic E-state index is 12.2. The van der Waals surface area contributed by atoms with E-state index in [-0.39, 0.29) is 24.9 Å². The van der Waals surface area contributed by atoms with E-state index in [1.807, 2.05) is 6.07 Å². The molecule has 0 radical (unpaired) electrons. The van der Waals surface area contributed by atoms with Crippen molar-refractivity contribution in [2.75, 3.05) is 27.0 Å². The van der Waals surface area contributed by atoms with Crippen molar-refractivity contribution >= 4 is 15.9 Å². The van der Waals surface area contributed by atoms with E-state index in [0.29, 0.717) is 18.0 Å². The Bertz CT molecular complexity index is 714. The molecule has 1 aromatic carbocycles. The number of benzene rings is 1. The first-order valence-corrected chi connectivity index (χ1v) is 10.6. The number of ether oxygens (including phenoxy) is 2. The van der Waals surface area contributed by atoms with Crippen LogP contribution in [0.2, 0.25) is 0 Å². The lowest BCUT2D eigenvalue weighted by molar-refractivity contribution is -0.121. The Kier molecular flexibility index (Phi) is 7.28. The second kappa shape index (κ2) is 9.23. The van der Waals surface area contributed by atoms with Crippen LogP contribution in [0, 0.1) is 0 Å². The topological polar surface area (TPSA) is 84.9 Å². The molecule has 7 nitrogen and oxygen atoms in total. The highest BCUT2D eigenvalue weighted by Gasteiger charge is 2.29. The monoisotopic (exact) mass is 384 g/mol. The summed E-state index contributed by atoms with van der Waals surface area (Å²) in [6.45, 7) is 0.572. The molecule has 1 aliphatic carbocycles. The maximum absolute atomic E-state index is 12.2. The van der Waals surface area contributed by atoms with Gasteiger partial charge in [0, 0.05) is 25.6 Å². The highest BCUT2D eigenvalue weighted by molar-refractivity contribution is 7.88. The predicted molar refractivity (Wildman–Crippen MR) is 99.8 cm³/mol. The van der Waals surface area contributed by atoms with Crippen LogP contribution < -0.4 is 14.8 Å². The van der Waals surface area contributed by atoms with Gasteiger partial charge in [0.1, 0.15) is 0 Å². The molecule has 0 saturated heterocycles. The molecule has 0 aliphatic heterocycles. The van der Waals surface area contributed by atoms with E-state index in [2.05, 4.69) is 5.32 Å². The average Bonchev–Trinajstić information content (AvgIpc) is 3.12. The van der Waals surface area contributed by atoms with Crippen LogP contribution in [-0.4, -0.2) is 51.7 Å². The number of hydrogen-bond donors (Lipinski definition) is 1. The lowest BCUT2D eigenvalue weighted by Gasteiger charge is -2.26. The maximum Gasteiger partial charge on any atom is 0.221 e. The molecule has 1 aliphatic rings. The van der Waals surface area contributed by atoms with Crippen molar-refractivity contribution in [2.24, 2.45) is 0 Å². The number of nitrogens with one attached hydrogen (secondary N) is 1. The molecular weight excluding hydrogens is 356 g/mol. The van der Waals surface area contributed by atoms with Gasteiger partial charge in [0.25, 0.3) is 0 Å². The van der Waals surface area contributed by atoms with E-state index < -0.39 is 10.0 Å². The minimum Gasteiger partial charge on any atom is -0.493 e. The van der Waals surface area contributed by atoms with Crippen molar-refractivity contribution in [2.45, 2.75) is 44.7 Å². The molecule has 0 spiro atoms. The lowest BCUT2D eigenvalue weighted by Crippen LogP contribution is -2.40. The SMILES string of the molecule is COc1ccc(CNC(=O)CCN(C2CCCC2)S(C)(=O)=O)cc1OC. The van der Waals surface area contributed by atoms with Crippen LogP contribution in [0.15, 0.2) is 18.2 Å². The van der Waals surface area contributed by atoms with Gasteiger partial charge in [-0.25, -0.2) is 8.42 Å².